The van der Waals surface area contributed by atoms with Gasteiger partial charge in [0.05, 0.1) is 13.2 Å². The van der Waals surface area contributed by atoms with Crippen molar-refractivity contribution >= 4 is 16.8 Å². The summed E-state index contributed by atoms with van der Waals surface area (Å²) in [5.74, 6) is -0.431. The quantitative estimate of drug-likeness (QED) is 0.594. The number of hydrogen-bond donors (Lipinski definition) is 2. The number of carbonyl (C=O) groups excluding carboxylic acids is 1. The molecular formula is C15H18N2O3. The molecule has 1 atom stereocenters. The molecule has 1 aromatic heterocycles. The summed E-state index contributed by atoms with van der Waals surface area (Å²) in [7, 11) is 0. The number of nitrogens with one attached hydrogen (secondary N) is 1. The lowest BCUT2D eigenvalue weighted by atomic mass is 10.1. The molecule has 5 nitrogen and oxygen atoms in total. The fourth-order valence-corrected chi connectivity index (χ4v) is 2.31. The van der Waals surface area contributed by atoms with Crippen molar-refractivity contribution in [2.75, 3.05) is 19.8 Å². The highest BCUT2D eigenvalue weighted by molar-refractivity contribution is 5.97. The van der Waals surface area contributed by atoms with Gasteiger partial charge in [-0.05, 0) is 30.5 Å². The lowest BCUT2D eigenvalue weighted by Crippen LogP contribution is -2.10. The molecular weight excluding hydrogens is 256 g/mol. The molecule has 106 valence electrons. The summed E-state index contributed by atoms with van der Waals surface area (Å²) in [4.78, 5) is 14.2. The third kappa shape index (κ3) is 3.00. The Morgan fingerprint density at radius 1 is 1.50 bits per heavy atom. The Labute approximate surface area is 117 Å². The predicted octanol–water partition coefficient (Wildman–Crippen LogP) is 1.61. The van der Waals surface area contributed by atoms with Crippen LogP contribution >= 0.6 is 0 Å². The average Bonchev–Trinajstić information content (AvgIpc) is 3.14. The van der Waals surface area contributed by atoms with Crippen LogP contribution in [0.15, 0.2) is 24.3 Å². The van der Waals surface area contributed by atoms with Crippen LogP contribution in [0.4, 0.5) is 0 Å². The molecule has 0 aliphatic carbocycles. The summed E-state index contributed by atoms with van der Waals surface area (Å²) < 4.78 is 10.6. The third-order valence-electron chi connectivity index (χ3n) is 3.46. The van der Waals surface area contributed by atoms with Crippen LogP contribution in [0.2, 0.25) is 0 Å². The second kappa shape index (κ2) is 5.64. The molecule has 0 saturated carbocycles. The Morgan fingerprint density at radius 2 is 2.35 bits per heavy atom. The Morgan fingerprint density at radius 3 is 3.10 bits per heavy atom. The number of primary amides is 1. The Kier molecular flexibility index (Phi) is 3.71. The number of aryl methyl sites for hydroxylation is 1. The van der Waals surface area contributed by atoms with E-state index in [-0.39, 0.29) is 0 Å². The first kappa shape index (κ1) is 13.1. The van der Waals surface area contributed by atoms with E-state index in [0.717, 1.165) is 37.0 Å². The lowest BCUT2D eigenvalue weighted by molar-refractivity contribution is 0.0996. The Balaban J connectivity index is 1.62. The van der Waals surface area contributed by atoms with Gasteiger partial charge in [-0.2, -0.15) is 0 Å². The number of aromatic nitrogens is 1. The Hall–Kier alpha value is -1.85. The minimum absolute atomic E-state index is 0.321. The fraction of sp³-hybridized carbons (Fsp3) is 0.400. The van der Waals surface area contributed by atoms with E-state index in [9.17, 15) is 4.79 Å². The topological polar surface area (TPSA) is 80.6 Å². The zero-order valence-corrected chi connectivity index (χ0v) is 11.2. The van der Waals surface area contributed by atoms with E-state index in [4.69, 9.17) is 15.2 Å². The lowest BCUT2D eigenvalue weighted by Gasteiger charge is -2.04. The highest BCUT2D eigenvalue weighted by Gasteiger charge is 2.21. The van der Waals surface area contributed by atoms with E-state index in [1.165, 1.54) is 5.56 Å². The van der Waals surface area contributed by atoms with E-state index >= 15 is 0 Å². The number of hydrogen-bond acceptors (Lipinski definition) is 3. The van der Waals surface area contributed by atoms with Crippen molar-refractivity contribution in [1.29, 1.82) is 0 Å². The molecule has 1 aromatic carbocycles. The smallest absolute Gasteiger partial charge is 0.265 e. The van der Waals surface area contributed by atoms with Gasteiger partial charge in [0.2, 0.25) is 0 Å². The standard InChI is InChI=1S/C15H18N2O3/c16-15(18)14-7-12-10(3-1-5-13(12)17-14)4-2-6-19-8-11-9-20-11/h1,3,5,7,11,17H,2,4,6,8-9H2,(H2,16,18). The maximum Gasteiger partial charge on any atom is 0.265 e. The monoisotopic (exact) mass is 274 g/mol. The van der Waals surface area contributed by atoms with Crippen molar-refractivity contribution in [3.05, 3.63) is 35.5 Å². The molecule has 3 N–H and O–H groups in total. The first-order valence-electron chi connectivity index (χ1n) is 6.84. The van der Waals surface area contributed by atoms with Crippen molar-refractivity contribution in [2.45, 2.75) is 18.9 Å². The second-order valence-electron chi connectivity index (χ2n) is 5.06. The maximum atomic E-state index is 11.2. The van der Waals surface area contributed by atoms with Gasteiger partial charge in [0, 0.05) is 17.5 Å². The molecule has 1 saturated heterocycles. The number of nitrogens with two attached hydrogens (primary N) is 1. The summed E-state index contributed by atoms with van der Waals surface area (Å²) in [6.45, 7) is 2.25. The van der Waals surface area contributed by atoms with Gasteiger partial charge in [0.25, 0.3) is 5.91 Å². The van der Waals surface area contributed by atoms with Gasteiger partial charge in [0.1, 0.15) is 11.8 Å². The van der Waals surface area contributed by atoms with Crippen LogP contribution < -0.4 is 5.73 Å². The van der Waals surface area contributed by atoms with Gasteiger partial charge in [-0.15, -0.1) is 0 Å². The predicted molar refractivity (Wildman–Crippen MR) is 75.7 cm³/mol. The van der Waals surface area contributed by atoms with Gasteiger partial charge < -0.3 is 20.2 Å². The largest absolute Gasteiger partial charge is 0.379 e. The highest BCUT2D eigenvalue weighted by atomic mass is 16.6. The average molecular weight is 274 g/mol. The number of amides is 1. The molecule has 1 unspecified atom stereocenters. The number of H-pyrrole nitrogens is 1. The molecule has 5 heteroatoms. The van der Waals surface area contributed by atoms with E-state index < -0.39 is 5.91 Å². The molecule has 3 rings (SSSR count). The summed E-state index contributed by atoms with van der Waals surface area (Å²) >= 11 is 0. The summed E-state index contributed by atoms with van der Waals surface area (Å²) in [6, 6.07) is 7.83. The molecule has 20 heavy (non-hydrogen) atoms. The molecule has 0 spiro atoms. The normalized spacial score (nSPS) is 17.5. The number of rotatable bonds is 7. The molecule has 0 radical (unpaired) electrons. The number of aromatic amines is 1. The first-order chi connectivity index (χ1) is 9.74. The SMILES string of the molecule is NC(=O)c1cc2c(CCCOCC3CO3)cccc2[nH]1. The number of ether oxygens (including phenoxy) is 2. The van der Waals surface area contributed by atoms with E-state index in [1.54, 1.807) is 0 Å². The minimum Gasteiger partial charge on any atom is -0.379 e. The summed E-state index contributed by atoms with van der Waals surface area (Å²) in [5.41, 5.74) is 7.91. The molecule has 1 aliphatic heterocycles. The zero-order valence-electron chi connectivity index (χ0n) is 11.2. The van der Waals surface area contributed by atoms with E-state index in [1.807, 2.05) is 18.2 Å². The molecule has 1 fully saturated rings. The van der Waals surface area contributed by atoms with Crippen LogP contribution in [-0.4, -0.2) is 36.8 Å². The number of benzene rings is 1. The van der Waals surface area contributed by atoms with Gasteiger partial charge in [-0.3, -0.25) is 4.79 Å². The van der Waals surface area contributed by atoms with Gasteiger partial charge in [-0.1, -0.05) is 12.1 Å². The van der Waals surface area contributed by atoms with Crippen LogP contribution in [0.3, 0.4) is 0 Å². The number of carbonyl (C=O) groups is 1. The highest BCUT2D eigenvalue weighted by Crippen LogP contribution is 2.21. The summed E-state index contributed by atoms with van der Waals surface area (Å²) in [6.07, 6.45) is 2.18. The van der Waals surface area contributed by atoms with Crippen molar-refractivity contribution in [3.8, 4) is 0 Å². The van der Waals surface area contributed by atoms with Crippen LogP contribution in [0.5, 0.6) is 0 Å². The van der Waals surface area contributed by atoms with Crippen LogP contribution in [0.1, 0.15) is 22.5 Å². The van der Waals surface area contributed by atoms with E-state index in [2.05, 4.69) is 11.1 Å². The van der Waals surface area contributed by atoms with Crippen molar-refractivity contribution in [3.63, 3.8) is 0 Å². The molecule has 0 bridgehead atoms. The molecule has 2 heterocycles. The van der Waals surface area contributed by atoms with Gasteiger partial charge in [0.15, 0.2) is 0 Å². The third-order valence-corrected chi connectivity index (χ3v) is 3.46. The molecule has 2 aromatic rings. The van der Waals surface area contributed by atoms with Crippen LogP contribution in [-0.2, 0) is 15.9 Å². The number of epoxide rings is 1. The molecule has 1 aliphatic rings. The van der Waals surface area contributed by atoms with Gasteiger partial charge in [-0.25, -0.2) is 0 Å². The number of fused-ring (bicyclic) bond motifs is 1. The van der Waals surface area contributed by atoms with Crippen LogP contribution in [0, 0.1) is 0 Å². The van der Waals surface area contributed by atoms with Gasteiger partial charge >= 0.3 is 0 Å². The molecule has 1 amide bonds. The minimum atomic E-state index is -0.431. The zero-order chi connectivity index (χ0) is 13.9. The summed E-state index contributed by atoms with van der Waals surface area (Å²) in [5, 5.41) is 1.06. The second-order valence-corrected chi connectivity index (χ2v) is 5.06. The van der Waals surface area contributed by atoms with Crippen LogP contribution in [0.25, 0.3) is 10.9 Å². The fourth-order valence-electron chi connectivity index (χ4n) is 2.31. The van der Waals surface area contributed by atoms with E-state index in [0.29, 0.717) is 18.4 Å². The maximum absolute atomic E-state index is 11.2. The Bertz CT molecular complexity index is 617. The first-order valence-corrected chi connectivity index (χ1v) is 6.84. The van der Waals surface area contributed by atoms with Crippen molar-refractivity contribution < 1.29 is 14.3 Å². The van der Waals surface area contributed by atoms with Crippen molar-refractivity contribution in [2.24, 2.45) is 5.73 Å². The van der Waals surface area contributed by atoms with Crippen molar-refractivity contribution in [1.82, 2.24) is 4.98 Å².